The number of aromatic nitrogens is 1. The van der Waals surface area contributed by atoms with Gasteiger partial charge >= 0.3 is 0 Å². The Kier molecular flexibility index (Phi) is 4.14. The molecule has 2 rings (SSSR count). The van der Waals surface area contributed by atoms with Crippen LogP contribution in [0.1, 0.15) is 19.0 Å². The minimum absolute atomic E-state index is 0.284. The van der Waals surface area contributed by atoms with Crippen molar-refractivity contribution in [3.8, 4) is 0 Å². The number of nitrogens with zero attached hydrogens (tertiary/aromatic N) is 1. The van der Waals surface area contributed by atoms with E-state index in [0.717, 1.165) is 18.7 Å². The maximum atomic E-state index is 13.4. The average molecular weight is 268 g/mol. The van der Waals surface area contributed by atoms with Gasteiger partial charge in [0.1, 0.15) is 11.5 Å². The summed E-state index contributed by atoms with van der Waals surface area (Å²) in [6, 6.07) is 5.08. The number of halogens is 3. The van der Waals surface area contributed by atoms with E-state index in [9.17, 15) is 13.2 Å². The first kappa shape index (κ1) is 13.5. The molecule has 1 heterocycles. The first-order valence-corrected chi connectivity index (χ1v) is 6.14. The van der Waals surface area contributed by atoms with Gasteiger partial charge in [0, 0.05) is 30.6 Å². The van der Waals surface area contributed by atoms with Gasteiger partial charge in [0.05, 0.1) is 6.54 Å². The zero-order valence-corrected chi connectivity index (χ0v) is 10.6. The van der Waals surface area contributed by atoms with E-state index in [4.69, 9.17) is 0 Å². The highest BCUT2D eigenvalue weighted by atomic mass is 19.1. The maximum absolute atomic E-state index is 13.4. The van der Waals surface area contributed by atoms with Crippen LogP contribution in [-0.4, -0.2) is 4.57 Å². The zero-order chi connectivity index (χ0) is 13.8. The van der Waals surface area contributed by atoms with E-state index >= 15 is 0 Å². The van der Waals surface area contributed by atoms with Gasteiger partial charge in [-0.05, 0) is 18.6 Å². The second-order valence-corrected chi connectivity index (χ2v) is 4.29. The number of rotatable bonds is 5. The first-order chi connectivity index (χ1) is 9.11. The van der Waals surface area contributed by atoms with Gasteiger partial charge < -0.3 is 9.88 Å². The predicted octanol–water partition coefficient (Wildman–Crippen LogP) is 3.93. The van der Waals surface area contributed by atoms with Gasteiger partial charge in [-0.2, -0.15) is 0 Å². The van der Waals surface area contributed by atoms with E-state index < -0.39 is 17.5 Å². The Bertz CT molecular complexity index is 541. The lowest BCUT2D eigenvalue weighted by atomic mass is 10.2. The van der Waals surface area contributed by atoms with Crippen molar-refractivity contribution in [2.24, 2.45) is 0 Å². The number of hydrogen-bond donors (Lipinski definition) is 1. The molecule has 1 aromatic heterocycles. The summed E-state index contributed by atoms with van der Waals surface area (Å²) in [5.41, 5.74) is 0.621. The molecule has 0 saturated carbocycles. The van der Waals surface area contributed by atoms with Crippen molar-refractivity contribution in [1.82, 2.24) is 4.57 Å². The largest absolute Gasteiger partial charge is 0.375 e. The average Bonchev–Trinajstić information content (AvgIpc) is 2.76. The van der Waals surface area contributed by atoms with Crippen LogP contribution in [0.15, 0.2) is 30.5 Å². The van der Waals surface area contributed by atoms with Gasteiger partial charge in [-0.15, -0.1) is 0 Å². The zero-order valence-electron chi connectivity index (χ0n) is 10.6. The molecule has 1 N–H and O–H groups in total. The van der Waals surface area contributed by atoms with Crippen molar-refractivity contribution in [1.29, 1.82) is 0 Å². The summed E-state index contributed by atoms with van der Waals surface area (Å²) < 4.78 is 41.7. The Morgan fingerprint density at radius 3 is 2.47 bits per heavy atom. The van der Waals surface area contributed by atoms with Crippen LogP contribution in [0.5, 0.6) is 0 Å². The van der Waals surface area contributed by atoms with Crippen LogP contribution in [0.25, 0.3) is 0 Å². The topological polar surface area (TPSA) is 17.0 Å². The summed E-state index contributed by atoms with van der Waals surface area (Å²) in [4.78, 5) is 0. The molecule has 102 valence electrons. The van der Waals surface area contributed by atoms with Crippen molar-refractivity contribution in [2.75, 3.05) is 5.32 Å². The van der Waals surface area contributed by atoms with Crippen LogP contribution >= 0.6 is 0 Å². The Hall–Kier alpha value is -1.91. The van der Waals surface area contributed by atoms with E-state index in [0.29, 0.717) is 12.1 Å². The second-order valence-electron chi connectivity index (χ2n) is 4.29. The van der Waals surface area contributed by atoms with Gasteiger partial charge in [-0.25, -0.2) is 13.2 Å². The molecule has 5 heteroatoms. The van der Waals surface area contributed by atoms with E-state index in [-0.39, 0.29) is 12.2 Å². The SMILES string of the molecule is CCCn1cccc1CNc1c(F)cc(F)cc1F. The van der Waals surface area contributed by atoms with Crippen molar-refractivity contribution >= 4 is 5.69 Å². The third kappa shape index (κ3) is 3.10. The van der Waals surface area contributed by atoms with Gasteiger partial charge in [-0.3, -0.25) is 0 Å². The summed E-state index contributed by atoms with van der Waals surface area (Å²) in [5, 5.41) is 2.67. The molecule has 0 fully saturated rings. The highest BCUT2D eigenvalue weighted by Gasteiger charge is 2.11. The van der Waals surface area contributed by atoms with Crippen molar-refractivity contribution in [3.63, 3.8) is 0 Å². The predicted molar refractivity (Wildman–Crippen MR) is 68.4 cm³/mol. The van der Waals surface area contributed by atoms with E-state index in [1.54, 1.807) is 0 Å². The van der Waals surface area contributed by atoms with E-state index in [2.05, 4.69) is 12.2 Å². The minimum Gasteiger partial charge on any atom is -0.375 e. The van der Waals surface area contributed by atoms with Gasteiger partial charge in [0.2, 0.25) is 0 Å². The van der Waals surface area contributed by atoms with Crippen LogP contribution < -0.4 is 5.32 Å². The normalized spacial score (nSPS) is 10.7. The number of anilines is 1. The molecule has 1 aromatic carbocycles. The molecule has 0 spiro atoms. The lowest BCUT2D eigenvalue weighted by Crippen LogP contribution is -2.09. The van der Waals surface area contributed by atoms with Crippen LogP contribution in [0, 0.1) is 17.5 Å². The fourth-order valence-corrected chi connectivity index (χ4v) is 1.96. The second kappa shape index (κ2) is 5.82. The minimum atomic E-state index is -0.925. The fourth-order valence-electron chi connectivity index (χ4n) is 1.96. The van der Waals surface area contributed by atoms with Crippen molar-refractivity contribution in [2.45, 2.75) is 26.4 Å². The Morgan fingerprint density at radius 1 is 1.16 bits per heavy atom. The monoisotopic (exact) mass is 268 g/mol. The maximum Gasteiger partial charge on any atom is 0.152 e. The van der Waals surface area contributed by atoms with Gasteiger partial charge in [0.15, 0.2) is 11.6 Å². The van der Waals surface area contributed by atoms with E-state index in [1.165, 1.54) is 0 Å². The first-order valence-electron chi connectivity index (χ1n) is 6.14. The highest BCUT2D eigenvalue weighted by Crippen LogP contribution is 2.21. The molecular weight excluding hydrogens is 253 g/mol. The van der Waals surface area contributed by atoms with Crippen LogP contribution in [-0.2, 0) is 13.1 Å². The number of aryl methyl sites for hydroxylation is 1. The molecule has 0 unspecified atom stereocenters. The fraction of sp³-hybridized carbons (Fsp3) is 0.286. The molecule has 2 nitrogen and oxygen atoms in total. The number of hydrogen-bond acceptors (Lipinski definition) is 1. The molecular formula is C14H15F3N2. The molecule has 0 aliphatic rings. The molecule has 0 aliphatic carbocycles. The lowest BCUT2D eigenvalue weighted by Gasteiger charge is -2.11. The molecule has 0 atom stereocenters. The molecule has 0 radical (unpaired) electrons. The van der Waals surface area contributed by atoms with Crippen LogP contribution in [0.2, 0.25) is 0 Å². The summed E-state index contributed by atoms with van der Waals surface area (Å²) in [6.45, 7) is 3.18. The number of nitrogens with one attached hydrogen (secondary N) is 1. The Balaban J connectivity index is 2.12. The Morgan fingerprint density at radius 2 is 1.84 bits per heavy atom. The molecule has 2 aromatic rings. The summed E-state index contributed by atoms with van der Waals surface area (Å²) in [7, 11) is 0. The van der Waals surface area contributed by atoms with Crippen molar-refractivity contribution < 1.29 is 13.2 Å². The van der Waals surface area contributed by atoms with E-state index in [1.807, 2.05) is 22.9 Å². The standard InChI is InChI=1S/C14H15F3N2/c1-2-5-19-6-3-4-11(19)9-18-14-12(16)7-10(15)8-13(14)17/h3-4,6-8,18H,2,5,9H2,1H3. The summed E-state index contributed by atoms with van der Waals surface area (Å²) in [6.07, 6.45) is 2.89. The summed E-state index contributed by atoms with van der Waals surface area (Å²) in [5.74, 6) is -2.77. The molecule has 0 amide bonds. The van der Waals surface area contributed by atoms with Crippen molar-refractivity contribution in [3.05, 3.63) is 53.6 Å². The van der Waals surface area contributed by atoms with Gasteiger partial charge in [-0.1, -0.05) is 6.92 Å². The molecule has 19 heavy (non-hydrogen) atoms. The summed E-state index contributed by atoms with van der Waals surface area (Å²) >= 11 is 0. The molecule has 0 aliphatic heterocycles. The molecule has 0 bridgehead atoms. The van der Waals surface area contributed by atoms with Gasteiger partial charge in [0.25, 0.3) is 0 Å². The lowest BCUT2D eigenvalue weighted by molar-refractivity contribution is 0.546. The smallest absolute Gasteiger partial charge is 0.152 e. The quantitative estimate of drug-likeness (QED) is 0.869. The van der Waals surface area contributed by atoms with Crippen LogP contribution in [0.3, 0.4) is 0 Å². The third-order valence-corrected chi connectivity index (χ3v) is 2.84. The molecule has 0 saturated heterocycles. The van der Waals surface area contributed by atoms with Crippen LogP contribution in [0.4, 0.5) is 18.9 Å². The Labute approximate surface area is 109 Å². The highest BCUT2D eigenvalue weighted by molar-refractivity contribution is 5.46. The third-order valence-electron chi connectivity index (χ3n) is 2.84. The number of benzene rings is 1.